The van der Waals surface area contributed by atoms with Crippen LogP contribution in [0, 0.1) is 5.41 Å². The second-order valence-electron chi connectivity index (χ2n) is 4.06. The first-order valence-corrected chi connectivity index (χ1v) is 4.21. The molecule has 0 rings (SSSR count). The van der Waals surface area contributed by atoms with Crippen LogP contribution in [0.1, 0.15) is 27.7 Å². The lowest BCUT2D eigenvalue weighted by Gasteiger charge is -2.14. The third-order valence-corrected chi connectivity index (χ3v) is 1.69. The number of allylic oxidation sites excluding steroid dienone is 1. The summed E-state index contributed by atoms with van der Waals surface area (Å²) in [6.45, 7) is 6.97. The van der Waals surface area contributed by atoms with Crippen molar-refractivity contribution in [3.05, 3.63) is 12.3 Å². The van der Waals surface area contributed by atoms with Crippen molar-refractivity contribution in [1.82, 2.24) is 4.90 Å². The highest BCUT2D eigenvalue weighted by Gasteiger charge is 2.18. The van der Waals surface area contributed by atoms with Crippen LogP contribution >= 0.6 is 0 Å². The summed E-state index contributed by atoms with van der Waals surface area (Å²) in [6, 6.07) is 0. The van der Waals surface area contributed by atoms with Crippen LogP contribution in [-0.4, -0.2) is 23.6 Å². The van der Waals surface area contributed by atoms with Crippen LogP contribution in [-0.2, 0) is 9.59 Å². The van der Waals surface area contributed by atoms with Crippen molar-refractivity contribution in [3.8, 4) is 0 Å². The van der Waals surface area contributed by atoms with Crippen molar-refractivity contribution in [2.24, 2.45) is 5.41 Å². The average Bonchev–Trinajstić information content (AvgIpc) is 1.97. The zero-order chi connectivity index (χ0) is 10.6. The number of nitrogens with zero attached hydrogens (tertiary/aromatic N) is 1. The molecule has 0 aliphatic carbocycles. The topological polar surface area (TPSA) is 37.4 Å². The first-order valence-electron chi connectivity index (χ1n) is 4.21. The van der Waals surface area contributed by atoms with Gasteiger partial charge in [0.15, 0.2) is 5.78 Å². The summed E-state index contributed by atoms with van der Waals surface area (Å²) >= 11 is 0. The molecule has 0 aliphatic rings. The Kier molecular flexibility index (Phi) is 3.85. The maximum absolute atomic E-state index is 11.4. The highest BCUT2D eigenvalue weighted by Crippen LogP contribution is 2.14. The molecule has 0 fully saturated rings. The van der Waals surface area contributed by atoms with Gasteiger partial charge in [0, 0.05) is 25.6 Å². The molecule has 0 N–H and O–H groups in total. The Hall–Kier alpha value is -1.12. The lowest BCUT2D eigenvalue weighted by atomic mass is 9.91. The highest BCUT2D eigenvalue weighted by molar-refractivity contribution is 5.94. The lowest BCUT2D eigenvalue weighted by molar-refractivity contribution is -0.125. The fourth-order valence-corrected chi connectivity index (χ4v) is 0.534. The van der Waals surface area contributed by atoms with Crippen molar-refractivity contribution < 1.29 is 9.59 Å². The Morgan fingerprint density at radius 3 is 2.00 bits per heavy atom. The van der Waals surface area contributed by atoms with E-state index in [0.29, 0.717) is 0 Å². The first-order chi connectivity index (χ1) is 5.75. The third kappa shape index (κ3) is 4.45. The van der Waals surface area contributed by atoms with Gasteiger partial charge in [0.25, 0.3) is 0 Å². The number of carbonyl (C=O) groups is 2. The molecule has 0 saturated carbocycles. The molecule has 0 aromatic rings. The molecule has 0 unspecified atom stereocenters. The van der Waals surface area contributed by atoms with Crippen molar-refractivity contribution in [2.75, 3.05) is 7.05 Å². The van der Waals surface area contributed by atoms with Gasteiger partial charge in [-0.3, -0.25) is 9.59 Å². The molecule has 0 radical (unpaired) electrons. The second kappa shape index (κ2) is 4.21. The zero-order valence-electron chi connectivity index (χ0n) is 8.92. The van der Waals surface area contributed by atoms with Gasteiger partial charge in [0.2, 0.25) is 5.91 Å². The summed E-state index contributed by atoms with van der Waals surface area (Å²) in [5, 5.41) is 0. The van der Waals surface area contributed by atoms with Crippen LogP contribution in [0.2, 0.25) is 0 Å². The monoisotopic (exact) mass is 183 g/mol. The normalized spacial score (nSPS) is 11.8. The molecule has 13 heavy (non-hydrogen) atoms. The molecule has 0 spiro atoms. The fraction of sp³-hybridized carbons (Fsp3) is 0.600. The number of hydrogen-bond donors (Lipinski definition) is 0. The van der Waals surface area contributed by atoms with Crippen molar-refractivity contribution in [2.45, 2.75) is 27.7 Å². The van der Waals surface area contributed by atoms with E-state index in [4.69, 9.17) is 0 Å². The highest BCUT2D eigenvalue weighted by atomic mass is 16.2. The van der Waals surface area contributed by atoms with Gasteiger partial charge >= 0.3 is 0 Å². The van der Waals surface area contributed by atoms with E-state index in [1.54, 1.807) is 7.05 Å². The number of rotatable bonds is 2. The fourth-order valence-electron chi connectivity index (χ4n) is 0.534. The Morgan fingerprint density at radius 2 is 1.69 bits per heavy atom. The first kappa shape index (κ1) is 11.9. The molecular formula is C10H17NO2. The smallest absolute Gasteiger partial charge is 0.223 e. The van der Waals surface area contributed by atoms with Gasteiger partial charge < -0.3 is 4.90 Å². The van der Waals surface area contributed by atoms with Gasteiger partial charge in [0.1, 0.15) is 0 Å². The predicted molar refractivity (Wildman–Crippen MR) is 52.0 cm³/mol. The molecule has 3 nitrogen and oxygen atoms in total. The van der Waals surface area contributed by atoms with Gasteiger partial charge in [0.05, 0.1) is 0 Å². The number of amides is 1. The number of hydrogen-bond acceptors (Lipinski definition) is 2. The van der Waals surface area contributed by atoms with Crippen LogP contribution < -0.4 is 0 Å². The van der Waals surface area contributed by atoms with Crippen molar-refractivity contribution in [1.29, 1.82) is 0 Å². The Bertz CT molecular complexity index is 236. The molecule has 0 bridgehead atoms. The van der Waals surface area contributed by atoms with Gasteiger partial charge in [-0.2, -0.15) is 0 Å². The molecule has 0 aromatic carbocycles. The van der Waals surface area contributed by atoms with E-state index in [2.05, 4.69) is 0 Å². The summed E-state index contributed by atoms with van der Waals surface area (Å²) in [6.07, 6.45) is 2.93. The molecule has 1 amide bonds. The quantitative estimate of drug-likeness (QED) is 0.610. The van der Waals surface area contributed by atoms with E-state index in [1.165, 1.54) is 24.1 Å². The van der Waals surface area contributed by atoms with Crippen LogP contribution in [0.4, 0.5) is 0 Å². The van der Waals surface area contributed by atoms with E-state index in [9.17, 15) is 9.59 Å². The molecule has 3 heteroatoms. The molecule has 0 atom stereocenters. The minimum Gasteiger partial charge on any atom is -0.322 e. The summed E-state index contributed by atoms with van der Waals surface area (Å²) in [4.78, 5) is 23.5. The minimum absolute atomic E-state index is 0.0144. The molecule has 74 valence electrons. The summed E-state index contributed by atoms with van der Waals surface area (Å²) in [5.74, 6) is -0.0708. The maximum Gasteiger partial charge on any atom is 0.223 e. The SMILES string of the molecule is CC(=O)N(C)C=CC(=O)C(C)(C)C. The third-order valence-electron chi connectivity index (χ3n) is 1.69. The van der Waals surface area contributed by atoms with Crippen LogP contribution in [0.5, 0.6) is 0 Å². The second-order valence-corrected chi connectivity index (χ2v) is 4.06. The number of ketones is 1. The summed E-state index contributed by atoms with van der Waals surface area (Å²) in [5.41, 5.74) is -0.381. The molecule has 0 saturated heterocycles. The Morgan fingerprint density at radius 1 is 1.23 bits per heavy atom. The zero-order valence-corrected chi connectivity index (χ0v) is 8.92. The Labute approximate surface area is 79.4 Å². The predicted octanol–water partition coefficient (Wildman–Crippen LogP) is 1.59. The van der Waals surface area contributed by atoms with Gasteiger partial charge in [-0.25, -0.2) is 0 Å². The summed E-state index contributed by atoms with van der Waals surface area (Å²) in [7, 11) is 1.62. The van der Waals surface area contributed by atoms with Crippen molar-refractivity contribution in [3.63, 3.8) is 0 Å². The van der Waals surface area contributed by atoms with E-state index in [-0.39, 0.29) is 17.1 Å². The number of carbonyl (C=O) groups excluding carboxylic acids is 2. The van der Waals surface area contributed by atoms with Crippen molar-refractivity contribution >= 4 is 11.7 Å². The molecule has 0 aromatic heterocycles. The van der Waals surface area contributed by atoms with Gasteiger partial charge in [-0.1, -0.05) is 20.8 Å². The van der Waals surface area contributed by atoms with Crippen LogP contribution in [0.25, 0.3) is 0 Å². The van der Waals surface area contributed by atoms with Gasteiger partial charge in [-0.05, 0) is 6.08 Å². The van der Waals surface area contributed by atoms with Gasteiger partial charge in [-0.15, -0.1) is 0 Å². The van der Waals surface area contributed by atoms with E-state index in [1.807, 2.05) is 20.8 Å². The average molecular weight is 183 g/mol. The largest absolute Gasteiger partial charge is 0.322 e. The lowest BCUT2D eigenvalue weighted by Crippen LogP contribution is -2.21. The van der Waals surface area contributed by atoms with E-state index in [0.717, 1.165) is 0 Å². The van der Waals surface area contributed by atoms with E-state index >= 15 is 0 Å². The molecule has 0 heterocycles. The van der Waals surface area contributed by atoms with Crippen LogP contribution in [0.3, 0.4) is 0 Å². The van der Waals surface area contributed by atoms with Crippen LogP contribution in [0.15, 0.2) is 12.3 Å². The minimum atomic E-state index is -0.381. The molecular weight excluding hydrogens is 166 g/mol. The maximum atomic E-state index is 11.4. The standard InChI is InChI=1S/C10H17NO2/c1-8(12)11(5)7-6-9(13)10(2,3)4/h6-7H,1-5H3. The van der Waals surface area contributed by atoms with E-state index < -0.39 is 0 Å². The molecule has 0 aliphatic heterocycles. The Balaban J connectivity index is 4.29. The summed E-state index contributed by atoms with van der Waals surface area (Å²) < 4.78 is 0.